The molecule has 1 aliphatic rings. The predicted octanol–water partition coefficient (Wildman–Crippen LogP) is 4.92. The third kappa shape index (κ3) is 3.94. The number of carboxylic acid groups (broad SMARTS) is 1. The maximum Gasteiger partial charge on any atom is 0.313 e. The zero-order valence-corrected chi connectivity index (χ0v) is 17.7. The lowest BCUT2D eigenvalue weighted by molar-refractivity contribution is -0.384. The van der Waals surface area contributed by atoms with Crippen LogP contribution in [0.5, 0.6) is 0 Å². The second-order valence-electron chi connectivity index (χ2n) is 7.26. The number of nitro groups is 1. The van der Waals surface area contributed by atoms with Crippen LogP contribution in [-0.4, -0.2) is 26.8 Å². The van der Waals surface area contributed by atoms with Crippen molar-refractivity contribution in [2.75, 3.05) is 0 Å². The summed E-state index contributed by atoms with van der Waals surface area (Å²) in [5.41, 5.74) is 2.15. The molecule has 0 saturated carbocycles. The summed E-state index contributed by atoms with van der Waals surface area (Å²) >= 11 is 3.39. The van der Waals surface area contributed by atoms with Gasteiger partial charge >= 0.3 is 5.97 Å². The molecule has 0 fully saturated rings. The number of benzene rings is 3. The summed E-state index contributed by atoms with van der Waals surface area (Å²) in [6, 6.07) is 19.2. The minimum absolute atomic E-state index is 0.0491. The van der Waals surface area contributed by atoms with E-state index in [9.17, 15) is 24.8 Å². The van der Waals surface area contributed by atoms with Crippen LogP contribution in [0, 0.1) is 10.1 Å². The van der Waals surface area contributed by atoms with E-state index in [2.05, 4.69) is 15.9 Å². The van der Waals surface area contributed by atoms with Gasteiger partial charge in [0, 0.05) is 28.7 Å². The molecule has 2 unspecified atom stereocenters. The highest BCUT2D eigenvalue weighted by Crippen LogP contribution is 2.43. The van der Waals surface area contributed by atoms with Crippen molar-refractivity contribution in [3.63, 3.8) is 0 Å². The third-order valence-corrected chi connectivity index (χ3v) is 5.94. The van der Waals surface area contributed by atoms with Crippen molar-refractivity contribution in [1.82, 2.24) is 4.90 Å². The van der Waals surface area contributed by atoms with Crippen LogP contribution in [0.3, 0.4) is 0 Å². The molecule has 0 radical (unpaired) electrons. The summed E-state index contributed by atoms with van der Waals surface area (Å²) in [5.74, 6) is -2.26. The maximum atomic E-state index is 13.4. The first-order chi connectivity index (χ1) is 14.9. The summed E-state index contributed by atoms with van der Waals surface area (Å²) in [4.78, 5) is 37.8. The fourth-order valence-corrected chi connectivity index (χ4v) is 4.25. The summed E-state index contributed by atoms with van der Waals surface area (Å²) in [5, 5.41) is 21.1. The summed E-state index contributed by atoms with van der Waals surface area (Å²) in [6.07, 6.45) is 0. The summed E-state index contributed by atoms with van der Waals surface area (Å²) in [7, 11) is 0. The van der Waals surface area contributed by atoms with Crippen LogP contribution in [0.25, 0.3) is 0 Å². The van der Waals surface area contributed by atoms with Crippen LogP contribution >= 0.6 is 15.9 Å². The molecular formula is C23H17BrN2O5. The van der Waals surface area contributed by atoms with Crippen LogP contribution in [0.1, 0.15) is 39.0 Å². The van der Waals surface area contributed by atoms with Crippen LogP contribution < -0.4 is 0 Å². The van der Waals surface area contributed by atoms with Crippen molar-refractivity contribution in [2.24, 2.45) is 0 Å². The van der Waals surface area contributed by atoms with Crippen LogP contribution in [0.2, 0.25) is 0 Å². The first kappa shape index (κ1) is 20.7. The molecule has 0 saturated heterocycles. The summed E-state index contributed by atoms with van der Waals surface area (Å²) in [6.45, 7) is 0.121. The number of amides is 1. The van der Waals surface area contributed by atoms with Gasteiger partial charge in [-0.3, -0.25) is 19.7 Å². The van der Waals surface area contributed by atoms with E-state index in [1.165, 1.54) is 17.0 Å². The normalized spacial score (nSPS) is 17.8. The molecule has 0 aliphatic carbocycles. The Morgan fingerprint density at radius 3 is 2.29 bits per heavy atom. The lowest BCUT2D eigenvalue weighted by Crippen LogP contribution is -2.44. The Balaban J connectivity index is 1.83. The predicted molar refractivity (Wildman–Crippen MR) is 117 cm³/mol. The Morgan fingerprint density at radius 1 is 1.03 bits per heavy atom. The average molecular weight is 481 g/mol. The van der Waals surface area contributed by atoms with Gasteiger partial charge in [-0.05, 0) is 34.9 Å². The molecule has 31 heavy (non-hydrogen) atoms. The first-order valence-corrected chi connectivity index (χ1v) is 10.3. The van der Waals surface area contributed by atoms with Crippen LogP contribution in [0.15, 0.2) is 77.3 Å². The second kappa shape index (κ2) is 8.31. The van der Waals surface area contributed by atoms with Gasteiger partial charge in [-0.2, -0.15) is 0 Å². The molecule has 1 amide bonds. The summed E-state index contributed by atoms with van der Waals surface area (Å²) < 4.78 is 0.840. The third-order valence-electron chi connectivity index (χ3n) is 5.42. The number of carbonyl (C=O) groups is 2. The largest absolute Gasteiger partial charge is 0.481 e. The molecule has 1 aliphatic heterocycles. The topological polar surface area (TPSA) is 101 Å². The van der Waals surface area contributed by atoms with Crippen molar-refractivity contribution in [1.29, 1.82) is 0 Å². The Bertz CT molecular complexity index is 1160. The fourth-order valence-electron chi connectivity index (χ4n) is 3.98. The number of rotatable bonds is 5. The molecule has 2 atom stereocenters. The van der Waals surface area contributed by atoms with Crippen molar-refractivity contribution in [3.8, 4) is 0 Å². The van der Waals surface area contributed by atoms with E-state index in [-0.39, 0.29) is 18.1 Å². The number of nitrogens with zero attached hydrogens (tertiary/aromatic N) is 2. The number of carboxylic acids is 1. The van der Waals surface area contributed by atoms with E-state index in [4.69, 9.17) is 0 Å². The Hall–Kier alpha value is -3.52. The van der Waals surface area contributed by atoms with E-state index in [1.807, 2.05) is 12.1 Å². The SMILES string of the molecule is O=C(O)C1c2ccccc2C(=O)N(Cc2ccc([N+](=O)[O-])cc2)C1c1ccc(Br)cc1. The molecule has 0 spiro atoms. The van der Waals surface area contributed by atoms with Gasteiger partial charge in [-0.1, -0.05) is 58.4 Å². The molecule has 0 bridgehead atoms. The Labute approximate surface area is 186 Å². The van der Waals surface area contributed by atoms with Crippen molar-refractivity contribution >= 4 is 33.5 Å². The van der Waals surface area contributed by atoms with Gasteiger partial charge in [-0.15, -0.1) is 0 Å². The molecule has 7 nitrogen and oxygen atoms in total. The average Bonchev–Trinajstić information content (AvgIpc) is 2.76. The minimum atomic E-state index is -1.03. The number of hydrogen-bond acceptors (Lipinski definition) is 4. The monoisotopic (exact) mass is 480 g/mol. The van der Waals surface area contributed by atoms with E-state index >= 15 is 0 Å². The lowest BCUT2D eigenvalue weighted by Gasteiger charge is -2.41. The van der Waals surface area contributed by atoms with Gasteiger partial charge in [0.05, 0.1) is 11.0 Å². The van der Waals surface area contributed by atoms with Gasteiger partial charge in [0.1, 0.15) is 5.92 Å². The highest BCUT2D eigenvalue weighted by atomic mass is 79.9. The Morgan fingerprint density at radius 2 is 1.68 bits per heavy atom. The Kier molecular flexibility index (Phi) is 5.56. The van der Waals surface area contributed by atoms with Gasteiger partial charge in [0.2, 0.25) is 0 Å². The van der Waals surface area contributed by atoms with Crippen LogP contribution in [-0.2, 0) is 11.3 Å². The molecule has 8 heteroatoms. The van der Waals surface area contributed by atoms with Gasteiger partial charge < -0.3 is 10.0 Å². The minimum Gasteiger partial charge on any atom is -0.481 e. The standard InChI is InChI=1S/C23H17BrN2O5/c24-16-9-7-15(8-10-16)21-20(23(28)29)18-3-1-2-4-19(18)22(27)25(21)13-14-5-11-17(12-6-14)26(30)31/h1-12,20-21H,13H2,(H,28,29). The molecule has 3 aromatic carbocycles. The van der Waals surface area contributed by atoms with E-state index < -0.39 is 22.9 Å². The van der Waals surface area contributed by atoms with Gasteiger partial charge in [-0.25, -0.2) is 0 Å². The number of nitro benzene ring substituents is 1. The quantitative estimate of drug-likeness (QED) is 0.412. The molecule has 4 rings (SSSR count). The molecular weight excluding hydrogens is 464 g/mol. The zero-order chi connectivity index (χ0) is 22.1. The number of non-ortho nitro benzene ring substituents is 1. The smallest absolute Gasteiger partial charge is 0.313 e. The second-order valence-corrected chi connectivity index (χ2v) is 8.17. The molecule has 1 heterocycles. The fraction of sp³-hybridized carbons (Fsp3) is 0.130. The zero-order valence-electron chi connectivity index (χ0n) is 16.1. The first-order valence-electron chi connectivity index (χ1n) is 9.48. The molecule has 156 valence electrons. The molecule has 3 aromatic rings. The van der Waals surface area contributed by atoms with E-state index in [1.54, 1.807) is 48.5 Å². The number of aliphatic carboxylic acids is 1. The van der Waals surface area contributed by atoms with E-state index in [0.717, 1.165) is 4.47 Å². The van der Waals surface area contributed by atoms with Gasteiger partial charge in [0.15, 0.2) is 0 Å². The molecule has 0 aromatic heterocycles. The number of carbonyl (C=O) groups excluding carboxylic acids is 1. The number of hydrogen-bond donors (Lipinski definition) is 1. The highest BCUT2D eigenvalue weighted by Gasteiger charge is 2.44. The maximum absolute atomic E-state index is 13.4. The number of halogens is 1. The van der Waals surface area contributed by atoms with Crippen molar-refractivity contribution < 1.29 is 19.6 Å². The van der Waals surface area contributed by atoms with E-state index in [0.29, 0.717) is 22.3 Å². The number of fused-ring (bicyclic) bond motifs is 1. The molecule has 1 N–H and O–H groups in total. The van der Waals surface area contributed by atoms with Crippen LogP contribution in [0.4, 0.5) is 5.69 Å². The van der Waals surface area contributed by atoms with Crippen molar-refractivity contribution in [2.45, 2.75) is 18.5 Å². The van der Waals surface area contributed by atoms with Crippen molar-refractivity contribution in [3.05, 3.63) is 110 Å². The highest BCUT2D eigenvalue weighted by molar-refractivity contribution is 9.10. The van der Waals surface area contributed by atoms with Gasteiger partial charge in [0.25, 0.3) is 11.6 Å². The lowest BCUT2D eigenvalue weighted by atomic mass is 9.79.